The molecular weight excluding hydrogens is 195 g/mol. The van der Waals surface area contributed by atoms with Crippen LogP contribution in [-0.2, 0) is 0 Å². The molecule has 15 heavy (non-hydrogen) atoms. The molecule has 3 nitrogen and oxygen atoms in total. The molecule has 2 rings (SSSR count). The van der Waals surface area contributed by atoms with E-state index >= 15 is 0 Å². The Morgan fingerprint density at radius 2 is 1.93 bits per heavy atom. The van der Waals surface area contributed by atoms with Crippen molar-refractivity contribution in [3.63, 3.8) is 0 Å². The van der Waals surface area contributed by atoms with Crippen LogP contribution in [0, 0.1) is 17.1 Å². The molecule has 0 unspecified atom stereocenters. The molecule has 4 heteroatoms. The summed E-state index contributed by atoms with van der Waals surface area (Å²) in [5.41, 5.74) is 6.43. The van der Waals surface area contributed by atoms with Crippen LogP contribution in [0.5, 0.6) is 0 Å². The second-order valence-electron chi connectivity index (χ2n) is 3.01. The van der Waals surface area contributed by atoms with Gasteiger partial charge in [0.1, 0.15) is 23.2 Å². The van der Waals surface area contributed by atoms with Crippen LogP contribution >= 0.6 is 0 Å². The van der Waals surface area contributed by atoms with Crippen molar-refractivity contribution in [2.75, 3.05) is 5.73 Å². The first-order valence-electron chi connectivity index (χ1n) is 4.26. The Morgan fingerprint density at radius 3 is 2.47 bits per heavy atom. The number of nitrogen functional groups attached to an aromatic ring is 1. The first-order valence-corrected chi connectivity index (χ1v) is 4.26. The number of nitrogens with zero attached hydrogens (tertiary/aromatic N) is 1. The normalized spacial score (nSPS) is 9.87. The van der Waals surface area contributed by atoms with Gasteiger partial charge in [-0.2, -0.15) is 5.26 Å². The van der Waals surface area contributed by atoms with Gasteiger partial charge in [-0.3, -0.25) is 0 Å². The molecule has 0 saturated carbocycles. The maximum Gasteiger partial charge on any atom is 0.208 e. The number of nitrogens with two attached hydrogens (primary N) is 1. The SMILES string of the molecule is N#Cc1cc(-c2ccc(F)cc2)oc1N. The van der Waals surface area contributed by atoms with Crippen molar-refractivity contribution in [2.45, 2.75) is 0 Å². The molecule has 2 aromatic rings. The van der Waals surface area contributed by atoms with E-state index in [-0.39, 0.29) is 17.3 Å². The largest absolute Gasteiger partial charge is 0.440 e. The van der Waals surface area contributed by atoms with Crippen molar-refractivity contribution in [1.82, 2.24) is 0 Å². The van der Waals surface area contributed by atoms with Gasteiger partial charge in [-0.25, -0.2) is 4.39 Å². The Labute approximate surface area is 85.5 Å². The maximum atomic E-state index is 12.6. The molecule has 0 saturated heterocycles. The third-order valence-electron chi connectivity index (χ3n) is 2.01. The minimum atomic E-state index is -0.321. The van der Waals surface area contributed by atoms with Gasteiger partial charge >= 0.3 is 0 Å². The predicted molar refractivity (Wildman–Crippen MR) is 53.2 cm³/mol. The van der Waals surface area contributed by atoms with E-state index in [2.05, 4.69) is 0 Å². The van der Waals surface area contributed by atoms with Gasteiger partial charge in [0, 0.05) is 11.6 Å². The highest BCUT2D eigenvalue weighted by molar-refractivity contribution is 5.64. The summed E-state index contributed by atoms with van der Waals surface area (Å²) in [5, 5.41) is 8.67. The minimum absolute atomic E-state index is 0.0804. The number of hydrogen-bond acceptors (Lipinski definition) is 3. The van der Waals surface area contributed by atoms with Crippen LogP contribution in [0.2, 0.25) is 0 Å². The van der Waals surface area contributed by atoms with E-state index in [1.165, 1.54) is 18.2 Å². The number of nitriles is 1. The third-order valence-corrected chi connectivity index (χ3v) is 2.01. The highest BCUT2D eigenvalue weighted by Crippen LogP contribution is 2.26. The Bertz CT molecular complexity index is 523. The van der Waals surface area contributed by atoms with Crippen molar-refractivity contribution < 1.29 is 8.81 Å². The molecule has 0 aliphatic carbocycles. The number of furan rings is 1. The zero-order valence-electron chi connectivity index (χ0n) is 7.70. The molecule has 2 N–H and O–H groups in total. The lowest BCUT2D eigenvalue weighted by atomic mass is 10.1. The van der Waals surface area contributed by atoms with E-state index in [1.54, 1.807) is 12.1 Å². The van der Waals surface area contributed by atoms with E-state index in [4.69, 9.17) is 15.4 Å². The third kappa shape index (κ3) is 1.67. The van der Waals surface area contributed by atoms with Crippen LogP contribution in [0.15, 0.2) is 34.7 Å². The molecule has 0 spiro atoms. The summed E-state index contributed by atoms with van der Waals surface area (Å²) >= 11 is 0. The fourth-order valence-corrected chi connectivity index (χ4v) is 1.25. The monoisotopic (exact) mass is 202 g/mol. The zero-order valence-corrected chi connectivity index (χ0v) is 7.70. The van der Waals surface area contributed by atoms with Crippen LogP contribution in [0.4, 0.5) is 10.3 Å². The molecular formula is C11H7FN2O. The Kier molecular flexibility index (Phi) is 2.14. The van der Waals surface area contributed by atoms with Crippen molar-refractivity contribution in [3.05, 3.63) is 41.7 Å². The van der Waals surface area contributed by atoms with Crippen molar-refractivity contribution in [2.24, 2.45) is 0 Å². The average Bonchev–Trinajstić information content (AvgIpc) is 2.61. The Hall–Kier alpha value is -2.28. The van der Waals surface area contributed by atoms with Gasteiger partial charge < -0.3 is 10.2 Å². The van der Waals surface area contributed by atoms with E-state index in [0.717, 1.165) is 0 Å². The zero-order chi connectivity index (χ0) is 10.8. The van der Waals surface area contributed by atoms with Crippen LogP contribution in [-0.4, -0.2) is 0 Å². The van der Waals surface area contributed by atoms with Crippen molar-refractivity contribution in [1.29, 1.82) is 5.26 Å². The molecule has 1 aromatic carbocycles. The fraction of sp³-hybridized carbons (Fsp3) is 0. The maximum absolute atomic E-state index is 12.6. The first-order chi connectivity index (χ1) is 7.20. The van der Waals surface area contributed by atoms with Crippen LogP contribution in [0.3, 0.4) is 0 Å². The molecule has 1 aromatic heterocycles. The Morgan fingerprint density at radius 1 is 1.27 bits per heavy atom. The molecule has 1 heterocycles. The van der Waals surface area contributed by atoms with Crippen molar-refractivity contribution >= 4 is 5.88 Å². The lowest BCUT2D eigenvalue weighted by Crippen LogP contribution is -1.82. The topological polar surface area (TPSA) is 63.0 Å². The fourth-order valence-electron chi connectivity index (χ4n) is 1.25. The minimum Gasteiger partial charge on any atom is -0.440 e. The highest BCUT2D eigenvalue weighted by Gasteiger charge is 2.09. The number of rotatable bonds is 1. The summed E-state index contributed by atoms with van der Waals surface area (Å²) in [7, 11) is 0. The summed E-state index contributed by atoms with van der Waals surface area (Å²) in [6.07, 6.45) is 0. The highest BCUT2D eigenvalue weighted by atomic mass is 19.1. The van der Waals surface area contributed by atoms with E-state index in [0.29, 0.717) is 11.3 Å². The Balaban J connectivity index is 2.46. The molecule has 0 atom stereocenters. The summed E-state index contributed by atoms with van der Waals surface area (Å²) in [4.78, 5) is 0. The summed E-state index contributed by atoms with van der Waals surface area (Å²) in [6, 6.07) is 9.20. The van der Waals surface area contributed by atoms with Gasteiger partial charge in [-0.1, -0.05) is 0 Å². The molecule has 0 radical (unpaired) electrons. The van der Waals surface area contributed by atoms with Crippen LogP contribution < -0.4 is 5.73 Å². The van der Waals surface area contributed by atoms with Crippen molar-refractivity contribution in [3.8, 4) is 17.4 Å². The quantitative estimate of drug-likeness (QED) is 0.772. The standard InChI is InChI=1S/C11H7FN2O/c12-9-3-1-7(2-4-9)10-5-8(6-13)11(14)15-10/h1-5H,14H2. The molecule has 0 fully saturated rings. The molecule has 0 amide bonds. The number of anilines is 1. The number of halogens is 1. The van der Waals surface area contributed by atoms with Gasteiger partial charge in [0.15, 0.2) is 0 Å². The molecule has 0 aliphatic heterocycles. The lowest BCUT2D eigenvalue weighted by Gasteiger charge is -1.94. The summed E-state index contributed by atoms with van der Waals surface area (Å²) in [5.74, 6) is 0.222. The van der Waals surface area contributed by atoms with Gasteiger partial charge in [-0.15, -0.1) is 0 Å². The lowest BCUT2D eigenvalue weighted by molar-refractivity contribution is 0.601. The van der Waals surface area contributed by atoms with Gasteiger partial charge in [-0.05, 0) is 24.3 Å². The van der Waals surface area contributed by atoms with Crippen LogP contribution in [0.25, 0.3) is 11.3 Å². The van der Waals surface area contributed by atoms with E-state index in [9.17, 15) is 4.39 Å². The molecule has 0 aliphatic rings. The number of benzene rings is 1. The number of hydrogen-bond donors (Lipinski definition) is 1. The second-order valence-corrected chi connectivity index (χ2v) is 3.01. The van der Waals surface area contributed by atoms with E-state index in [1.807, 2.05) is 6.07 Å². The second kappa shape index (κ2) is 3.46. The predicted octanol–water partition coefficient (Wildman–Crippen LogP) is 2.54. The van der Waals surface area contributed by atoms with Crippen LogP contribution in [0.1, 0.15) is 5.56 Å². The van der Waals surface area contributed by atoms with Gasteiger partial charge in [0.05, 0.1) is 0 Å². The van der Waals surface area contributed by atoms with Gasteiger partial charge in [0.2, 0.25) is 5.88 Å². The molecule has 74 valence electrons. The smallest absolute Gasteiger partial charge is 0.208 e. The average molecular weight is 202 g/mol. The molecule has 0 bridgehead atoms. The first kappa shape index (κ1) is 9.28. The van der Waals surface area contributed by atoms with Gasteiger partial charge in [0.25, 0.3) is 0 Å². The summed E-state index contributed by atoms with van der Waals surface area (Å²) < 4.78 is 17.8. The summed E-state index contributed by atoms with van der Waals surface area (Å²) in [6.45, 7) is 0. The van der Waals surface area contributed by atoms with E-state index < -0.39 is 0 Å².